The molecule has 6 aliphatic heterocycles. The Kier molecular flexibility index (Phi) is 9.87. The Morgan fingerprint density at radius 1 is 0.839 bits per heavy atom. The van der Waals surface area contributed by atoms with E-state index in [4.69, 9.17) is 10.7 Å². The summed E-state index contributed by atoms with van der Waals surface area (Å²) in [7, 11) is 1.84. The van der Waals surface area contributed by atoms with Crippen molar-refractivity contribution in [3.05, 3.63) is 64.8 Å². The standard InChI is InChI=1S/C44H52N12O6/c1-44(13-17-53(18-14-44)28-11-15-52(16-12-28)29-7-8-30-31(23-29)41(61)56(40(30)60)32-9-10-35(57)47-39(32)59)26-3-5-27(6-4-26)46-38-36(37(45)58)49-50-42(48-38)55-24-25-21-33(34(55)22-25)54-20-19-51(2)43(54)62/h3-8,23,25,28,32-34H,9-22,24H2,1-2H3,(H2,45,58)(H,46,48,50)(H,47,57,59). The first-order valence-corrected chi connectivity index (χ1v) is 21.9. The minimum atomic E-state index is -0.982. The number of rotatable bonds is 9. The number of nitrogens with zero attached hydrogens (tertiary/aromatic N) is 9. The summed E-state index contributed by atoms with van der Waals surface area (Å²) in [6, 6.07) is 13.3. The molecule has 18 nitrogen and oxygen atoms in total. The maximum absolute atomic E-state index is 13.4. The monoisotopic (exact) mass is 844 g/mol. The van der Waals surface area contributed by atoms with Gasteiger partial charge in [0.1, 0.15) is 6.04 Å². The minimum absolute atomic E-state index is 0.00893. The number of urea groups is 1. The molecule has 4 unspecified atom stereocenters. The van der Waals surface area contributed by atoms with Crippen LogP contribution in [0.4, 0.5) is 27.9 Å². The van der Waals surface area contributed by atoms with Gasteiger partial charge >= 0.3 is 6.03 Å². The zero-order chi connectivity index (χ0) is 43.0. The van der Waals surface area contributed by atoms with Gasteiger partial charge in [-0.3, -0.25) is 34.2 Å². The fourth-order valence-electron chi connectivity index (χ4n) is 11.1. The summed E-state index contributed by atoms with van der Waals surface area (Å²) >= 11 is 0. The Hall–Kier alpha value is -6.17. The predicted octanol–water partition coefficient (Wildman–Crippen LogP) is 2.47. The van der Waals surface area contributed by atoms with Gasteiger partial charge in [0.25, 0.3) is 17.7 Å². The number of piperidine rings is 4. The van der Waals surface area contributed by atoms with Gasteiger partial charge in [-0.25, -0.2) is 4.79 Å². The third kappa shape index (κ3) is 6.87. The molecule has 18 heteroatoms. The molecule has 0 spiro atoms. The molecular weight excluding hydrogens is 793 g/mol. The van der Waals surface area contributed by atoms with Gasteiger partial charge in [0.05, 0.1) is 23.2 Å². The van der Waals surface area contributed by atoms with Crippen LogP contribution in [0.25, 0.3) is 0 Å². The van der Waals surface area contributed by atoms with Crippen molar-refractivity contribution in [2.75, 3.05) is 68.0 Å². The van der Waals surface area contributed by atoms with Crippen LogP contribution in [0.2, 0.25) is 0 Å². The number of hydrogen-bond acceptors (Lipinski definition) is 13. The lowest BCUT2D eigenvalue weighted by Crippen LogP contribution is -2.54. The number of imide groups is 2. The van der Waals surface area contributed by atoms with E-state index in [2.05, 4.69) is 54.6 Å². The SMILES string of the molecule is CN1CCN(C2CC3CC2N(c2nnc(C(N)=O)c(Nc4ccc(C5(C)CCN(C6CCN(c7ccc8c(c7)C(=O)N(C7CCC(=O)NC7=O)C8=O)CC6)CC5)cc4)n2)C3)C1=O. The lowest BCUT2D eigenvalue weighted by Gasteiger charge is -2.45. The van der Waals surface area contributed by atoms with Crippen molar-refractivity contribution in [1.29, 1.82) is 0 Å². The number of carbonyl (C=O) groups is 6. The Morgan fingerprint density at radius 3 is 2.21 bits per heavy atom. The summed E-state index contributed by atoms with van der Waals surface area (Å²) < 4.78 is 0. The molecule has 10 rings (SSSR count). The zero-order valence-corrected chi connectivity index (χ0v) is 35.1. The Bertz CT molecular complexity index is 2360. The van der Waals surface area contributed by atoms with Crippen LogP contribution < -0.4 is 26.2 Å². The van der Waals surface area contributed by atoms with Crippen LogP contribution in [0.3, 0.4) is 0 Å². The predicted molar refractivity (Wildman–Crippen MR) is 227 cm³/mol. The van der Waals surface area contributed by atoms with Crippen LogP contribution in [0.15, 0.2) is 42.5 Å². The number of likely N-dealkylation sites (N-methyl/N-ethyl adjacent to an activating group) is 1. The average Bonchev–Trinajstić information content (AvgIpc) is 4.03. The summed E-state index contributed by atoms with van der Waals surface area (Å²) in [4.78, 5) is 92.6. The van der Waals surface area contributed by atoms with Crippen molar-refractivity contribution in [2.24, 2.45) is 11.7 Å². The summed E-state index contributed by atoms with van der Waals surface area (Å²) in [5.41, 5.74) is 9.18. The number of benzene rings is 2. The number of aromatic nitrogens is 3. The third-order valence-corrected chi connectivity index (χ3v) is 14.8. The molecule has 6 fully saturated rings. The fraction of sp³-hybridized carbons (Fsp3) is 0.523. The molecule has 1 saturated carbocycles. The second-order valence-corrected chi connectivity index (χ2v) is 18.4. The minimum Gasteiger partial charge on any atom is -0.371 e. The number of nitrogens with one attached hydrogen (secondary N) is 2. The molecule has 7 heterocycles. The lowest BCUT2D eigenvalue weighted by molar-refractivity contribution is -0.136. The third-order valence-electron chi connectivity index (χ3n) is 14.8. The Morgan fingerprint density at radius 2 is 1.55 bits per heavy atom. The highest BCUT2D eigenvalue weighted by molar-refractivity contribution is 6.23. The molecule has 4 N–H and O–H groups in total. The highest BCUT2D eigenvalue weighted by Gasteiger charge is 2.51. The van der Waals surface area contributed by atoms with Gasteiger partial charge in [0.15, 0.2) is 11.5 Å². The molecule has 4 atom stereocenters. The van der Waals surface area contributed by atoms with E-state index in [0.29, 0.717) is 35.6 Å². The van der Waals surface area contributed by atoms with Crippen molar-refractivity contribution in [3.8, 4) is 0 Å². The van der Waals surface area contributed by atoms with Crippen molar-refractivity contribution >= 4 is 58.7 Å². The number of nitrogens with two attached hydrogens (primary N) is 1. The molecule has 2 bridgehead atoms. The maximum Gasteiger partial charge on any atom is 0.320 e. The summed E-state index contributed by atoms with van der Waals surface area (Å²) in [6.45, 7) is 8.14. The van der Waals surface area contributed by atoms with Crippen LogP contribution in [0, 0.1) is 5.92 Å². The van der Waals surface area contributed by atoms with E-state index in [9.17, 15) is 28.8 Å². The molecule has 324 valence electrons. The highest BCUT2D eigenvalue weighted by atomic mass is 16.2. The van der Waals surface area contributed by atoms with Gasteiger partial charge in [-0.1, -0.05) is 19.1 Å². The average molecular weight is 845 g/mol. The second-order valence-electron chi connectivity index (χ2n) is 18.4. The van der Waals surface area contributed by atoms with E-state index in [1.54, 1.807) is 17.0 Å². The van der Waals surface area contributed by atoms with Gasteiger partial charge < -0.3 is 35.6 Å². The van der Waals surface area contributed by atoms with Gasteiger partial charge in [-0.15, -0.1) is 10.2 Å². The van der Waals surface area contributed by atoms with Crippen LogP contribution >= 0.6 is 0 Å². The van der Waals surface area contributed by atoms with Crippen LogP contribution in [0.1, 0.15) is 95.1 Å². The quantitative estimate of drug-likeness (QED) is 0.265. The van der Waals surface area contributed by atoms with Crippen molar-refractivity contribution in [1.82, 2.24) is 40.1 Å². The Labute approximate surface area is 359 Å². The summed E-state index contributed by atoms with van der Waals surface area (Å²) in [5.74, 6) is -1.59. The summed E-state index contributed by atoms with van der Waals surface area (Å²) in [6.07, 6.45) is 6.11. The lowest BCUT2D eigenvalue weighted by atomic mass is 9.74. The molecule has 7 aliphatic rings. The second kappa shape index (κ2) is 15.3. The van der Waals surface area contributed by atoms with Gasteiger partial charge in [-0.2, -0.15) is 4.98 Å². The Balaban J connectivity index is 0.745. The topological polar surface area (TPSA) is 211 Å². The summed E-state index contributed by atoms with van der Waals surface area (Å²) in [5, 5.41) is 14.1. The molecule has 1 aromatic heterocycles. The number of amides is 7. The zero-order valence-electron chi connectivity index (χ0n) is 35.1. The molecule has 3 aromatic rings. The van der Waals surface area contributed by atoms with Crippen LogP contribution in [-0.4, -0.2) is 147 Å². The van der Waals surface area contributed by atoms with E-state index in [1.165, 1.54) is 5.56 Å². The van der Waals surface area contributed by atoms with Crippen molar-refractivity contribution in [3.63, 3.8) is 0 Å². The molecular formula is C44H52N12O6. The van der Waals surface area contributed by atoms with E-state index >= 15 is 0 Å². The molecule has 2 aromatic carbocycles. The molecule has 62 heavy (non-hydrogen) atoms. The van der Waals surface area contributed by atoms with Gasteiger partial charge in [0.2, 0.25) is 17.8 Å². The number of primary amides is 1. The van der Waals surface area contributed by atoms with Crippen molar-refractivity contribution < 1.29 is 28.8 Å². The van der Waals surface area contributed by atoms with Gasteiger partial charge in [-0.05, 0) is 105 Å². The van der Waals surface area contributed by atoms with E-state index in [1.807, 2.05) is 30.1 Å². The number of hydrogen-bond donors (Lipinski definition) is 3. The first kappa shape index (κ1) is 39.9. The number of likely N-dealkylation sites (tertiary alicyclic amines) is 1. The number of fused-ring (bicyclic) bond motifs is 3. The molecule has 1 aliphatic carbocycles. The van der Waals surface area contributed by atoms with E-state index in [-0.39, 0.29) is 47.9 Å². The van der Waals surface area contributed by atoms with Crippen molar-refractivity contribution in [2.45, 2.75) is 87.9 Å². The normalized spacial score (nSPS) is 26.5. The maximum atomic E-state index is 13.4. The first-order valence-electron chi connectivity index (χ1n) is 21.9. The first-order chi connectivity index (χ1) is 29.8. The fourth-order valence-corrected chi connectivity index (χ4v) is 11.1. The van der Waals surface area contributed by atoms with Gasteiger partial charge in [0, 0.05) is 63.6 Å². The molecule has 5 saturated heterocycles. The number of anilines is 4. The highest BCUT2D eigenvalue weighted by Crippen LogP contribution is 2.43. The van der Waals surface area contributed by atoms with E-state index in [0.717, 1.165) is 94.1 Å². The number of carbonyl (C=O) groups excluding carboxylic acids is 6. The van der Waals surface area contributed by atoms with Crippen LogP contribution in [0.5, 0.6) is 0 Å². The smallest absolute Gasteiger partial charge is 0.320 e. The molecule has 7 amide bonds. The largest absolute Gasteiger partial charge is 0.371 e. The molecule has 0 radical (unpaired) electrons. The van der Waals surface area contributed by atoms with Crippen LogP contribution in [-0.2, 0) is 15.0 Å². The van der Waals surface area contributed by atoms with E-state index < -0.39 is 35.6 Å².